The Morgan fingerprint density at radius 1 is 1.43 bits per heavy atom. The number of halogens is 2. The van der Waals surface area contributed by atoms with E-state index in [0.29, 0.717) is 12.2 Å². The standard InChI is InChI=1S/C16H14ClFN2O3/c17-10-3-4-14(13(18)8-10)20-6-5-12(16(20)22)15(21)19-9-11-2-1-7-23-11/h1-4,7-8,12H,5-6,9H2,(H,19,21). The SMILES string of the molecule is O=C(NCc1ccco1)C1CCN(c2ccc(Cl)cc2F)C1=O. The molecule has 1 saturated heterocycles. The Labute approximate surface area is 137 Å². The Hall–Kier alpha value is -2.34. The van der Waals surface area contributed by atoms with Gasteiger partial charge in [0.1, 0.15) is 17.5 Å². The van der Waals surface area contributed by atoms with Crippen LogP contribution >= 0.6 is 11.6 Å². The van der Waals surface area contributed by atoms with E-state index in [0.717, 1.165) is 6.07 Å². The van der Waals surface area contributed by atoms with Crippen molar-refractivity contribution in [1.82, 2.24) is 5.32 Å². The van der Waals surface area contributed by atoms with Crippen molar-refractivity contribution in [2.24, 2.45) is 5.92 Å². The average Bonchev–Trinajstić information content (AvgIpc) is 3.15. The third-order valence-corrected chi connectivity index (χ3v) is 3.97. The van der Waals surface area contributed by atoms with E-state index in [9.17, 15) is 14.0 Å². The van der Waals surface area contributed by atoms with Crippen molar-refractivity contribution in [3.63, 3.8) is 0 Å². The highest BCUT2D eigenvalue weighted by atomic mass is 35.5. The minimum Gasteiger partial charge on any atom is -0.467 e. The topological polar surface area (TPSA) is 62.6 Å². The van der Waals surface area contributed by atoms with Crippen LogP contribution in [0.2, 0.25) is 5.02 Å². The van der Waals surface area contributed by atoms with Gasteiger partial charge in [-0.3, -0.25) is 9.59 Å². The number of benzene rings is 1. The molecule has 2 aromatic rings. The normalized spacial score (nSPS) is 17.6. The van der Waals surface area contributed by atoms with Crippen LogP contribution in [0.25, 0.3) is 0 Å². The van der Waals surface area contributed by atoms with Crippen molar-refractivity contribution in [3.8, 4) is 0 Å². The summed E-state index contributed by atoms with van der Waals surface area (Å²) in [6.07, 6.45) is 1.85. The van der Waals surface area contributed by atoms with E-state index in [1.54, 1.807) is 12.1 Å². The van der Waals surface area contributed by atoms with Gasteiger partial charge in [0.15, 0.2) is 0 Å². The summed E-state index contributed by atoms with van der Waals surface area (Å²) in [6, 6.07) is 7.55. The van der Waals surface area contributed by atoms with Crippen molar-refractivity contribution >= 4 is 29.1 Å². The number of nitrogens with zero attached hydrogens (tertiary/aromatic N) is 1. The largest absolute Gasteiger partial charge is 0.467 e. The predicted octanol–water partition coefficient (Wildman–Crippen LogP) is 2.74. The summed E-state index contributed by atoms with van der Waals surface area (Å²) in [4.78, 5) is 25.8. The van der Waals surface area contributed by atoms with E-state index in [1.165, 1.54) is 23.3 Å². The number of rotatable bonds is 4. The molecule has 2 heterocycles. The molecule has 3 rings (SSSR count). The lowest BCUT2D eigenvalue weighted by Crippen LogP contribution is -2.36. The zero-order chi connectivity index (χ0) is 16.4. The van der Waals surface area contributed by atoms with E-state index in [2.05, 4.69) is 5.32 Å². The van der Waals surface area contributed by atoms with Gasteiger partial charge < -0.3 is 14.6 Å². The number of amides is 2. The van der Waals surface area contributed by atoms with Crippen molar-refractivity contribution in [1.29, 1.82) is 0 Å². The van der Waals surface area contributed by atoms with E-state index in [1.807, 2.05) is 0 Å². The molecule has 1 N–H and O–H groups in total. The molecule has 1 fully saturated rings. The average molecular weight is 337 g/mol. The van der Waals surface area contributed by atoms with Gasteiger partial charge in [0.2, 0.25) is 11.8 Å². The molecule has 7 heteroatoms. The first-order chi connectivity index (χ1) is 11.1. The minimum atomic E-state index is -0.819. The van der Waals surface area contributed by atoms with Gasteiger partial charge in [0, 0.05) is 11.6 Å². The molecule has 0 radical (unpaired) electrons. The van der Waals surface area contributed by atoms with Gasteiger partial charge in [-0.2, -0.15) is 0 Å². The zero-order valence-electron chi connectivity index (χ0n) is 12.1. The molecule has 0 saturated carbocycles. The zero-order valence-corrected chi connectivity index (χ0v) is 12.8. The Bertz CT molecular complexity index is 733. The van der Waals surface area contributed by atoms with Crippen LogP contribution in [0.5, 0.6) is 0 Å². The van der Waals surface area contributed by atoms with Crippen LogP contribution in [0, 0.1) is 11.7 Å². The van der Waals surface area contributed by atoms with Crippen LogP contribution in [0.1, 0.15) is 12.2 Å². The number of hydrogen-bond donors (Lipinski definition) is 1. The van der Waals surface area contributed by atoms with Gasteiger partial charge in [-0.25, -0.2) is 4.39 Å². The summed E-state index contributed by atoms with van der Waals surface area (Å²) in [5, 5.41) is 2.91. The van der Waals surface area contributed by atoms with Gasteiger partial charge in [-0.05, 0) is 36.8 Å². The molecule has 1 aromatic carbocycles. The summed E-state index contributed by atoms with van der Waals surface area (Å²) >= 11 is 5.71. The Morgan fingerprint density at radius 3 is 2.96 bits per heavy atom. The lowest BCUT2D eigenvalue weighted by molar-refractivity contribution is -0.132. The molecule has 1 atom stereocenters. The molecule has 1 aliphatic rings. The second-order valence-electron chi connectivity index (χ2n) is 5.22. The fraction of sp³-hybridized carbons (Fsp3) is 0.250. The summed E-state index contributed by atoms with van der Waals surface area (Å²) < 4.78 is 19.1. The van der Waals surface area contributed by atoms with Crippen LogP contribution in [0.3, 0.4) is 0 Å². The second kappa shape index (κ2) is 6.42. The molecule has 0 aliphatic carbocycles. The summed E-state index contributed by atoms with van der Waals surface area (Å²) in [5.41, 5.74) is 0.140. The monoisotopic (exact) mass is 336 g/mol. The Balaban J connectivity index is 1.67. The van der Waals surface area contributed by atoms with E-state index >= 15 is 0 Å². The van der Waals surface area contributed by atoms with Gasteiger partial charge in [-0.15, -0.1) is 0 Å². The minimum absolute atomic E-state index is 0.140. The molecule has 5 nitrogen and oxygen atoms in total. The third kappa shape index (κ3) is 3.22. The highest BCUT2D eigenvalue weighted by Crippen LogP contribution is 2.29. The van der Waals surface area contributed by atoms with Gasteiger partial charge in [0.05, 0.1) is 18.5 Å². The van der Waals surface area contributed by atoms with E-state index < -0.39 is 17.6 Å². The molecule has 23 heavy (non-hydrogen) atoms. The van der Waals surface area contributed by atoms with Gasteiger partial charge in [0.25, 0.3) is 0 Å². The van der Waals surface area contributed by atoms with Gasteiger partial charge in [-0.1, -0.05) is 11.6 Å². The van der Waals surface area contributed by atoms with E-state index in [4.69, 9.17) is 16.0 Å². The van der Waals surface area contributed by atoms with Crippen molar-refractivity contribution in [2.75, 3.05) is 11.4 Å². The van der Waals surface area contributed by atoms with Crippen LogP contribution < -0.4 is 10.2 Å². The summed E-state index contributed by atoms with van der Waals surface area (Å²) in [7, 11) is 0. The number of nitrogens with one attached hydrogen (secondary N) is 1. The van der Waals surface area contributed by atoms with Gasteiger partial charge >= 0.3 is 0 Å². The molecule has 2 amide bonds. The lowest BCUT2D eigenvalue weighted by Gasteiger charge is -2.17. The first-order valence-electron chi connectivity index (χ1n) is 7.13. The molecule has 120 valence electrons. The molecule has 1 aliphatic heterocycles. The smallest absolute Gasteiger partial charge is 0.239 e. The van der Waals surface area contributed by atoms with Crippen molar-refractivity contribution < 1.29 is 18.4 Å². The third-order valence-electron chi connectivity index (χ3n) is 3.74. The summed E-state index contributed by atoms with van der Waals surface area (Å²) in [5.74, 6) is -1.60. The number of carbonyl (C=O) groups is 2. The molecule has 0 spiro atoms. The Morgan fingerprint density at radius 2 is 2.26 bits per heavy atom. The highest BCUT2D eigenvalue weighted by molar-refractivity contribution is 6.30. The Kier molecular flexibility index (Phi) is 4.34. The highest BCUT2D eigenvalue weighted by Gasteiger charge is 2.38. The van der Waals surface area contributed by atoms with Crippen LogP contribution in [0.15, 0.2) is 41.0 Å². The molecular weight excluding hydrogens is 323 g/mol. The lowest BCUT2D eigenvalue weighted by atomic mass is 10.1. The number of carbonyl (C=O) groups excluding carboxylic acids is 2. The van der Waals surface area contributed by atoms with Crippen LogP contribution in [-0.2, 0) is 16.1 Å². The second-order valence-corrected chi connectivity index (χ2v) is 5.66. The molecule has 1 aromatic heterocycles. The van der Waals surface area contributed by atoms with Crippen LogP contribution in [-0.4, -0.2) is 18.4 Å². The first kappa shape index (κ1) is 15.6. The number of anilines is 1. The number of hydrogen-bond acceptors (Lipinski definition) is 3. The summed E-state index contributed by atoms with van der Waals surface area (Å²) in [6.45, 7) is 0.501. The first-order valence-corrected chi connectivity index (χ1v) is 7.50. The molecule has 0 bridgehead atoms. The fourth-order valence-corrected chi connectivity index (χ4v) is 2.73. The maximum absolute atomic E-state index is 13.9. The van der Waals surface area contributed by atoms with E-state index in [-0.39, 0.29) is 29.7 Å². The predicted molar refractivity (Wildman–Crippen MR) is 82.4 cm³/mol. The van der Waals surface area contributed by atoms with Crippen molar-refractivity contribution in [3.05, 3.63) is 53.2 Å². The maximum Gasteiger partial charge on any atom is 0.239 e. The molecule has 1 unspecified atom stereocenters. The fourth-order valence-electron chi connectivity index (χ4n) is 2.57. The number of furan rings is 1. The quantitative estimate of drug-likeness (QED) is 0.873. The molecular formula is C16H14ClFN2O3. The van der Waals surface area contributed by atoms with Crippen molar-refractivity contribution in [2.45, 2.75) is 13.0 Å². The maximum atomic E-state index is 13.9. The van der Waals surface area contributed by atoms with Crippen LogP contribution in [0.4, 0.5) is 10.1 Å².